The van der Waals surface area contributed by atoms with Crippen molar-refractivity contribution >= 4 is 35.0 Å². The van der Waals surface area contributed by atoms with E-state index in [9.17, 15) is 18.8 Å². The van der Waals surface area contributed by atoms with Gasteiger partial charge in [0.2, 0.25) is 11.8 Å². The Hall–Kier alpha value is -2.99. The fourth-order valence-corrected chi connectivity index (χ4v) is 4.11. The molecule has 2 aromatic rings. The van der Waals surface area contributed by atoms with E-state index in [1.54, 1.807) is 37.3 Å². The fourth-order valence-electron chi connectivity index (χ4n) is 3.94. The first-order chi connectivity index (χ1) is 13.9. The predicted octanol–water partition coefficient (Wildman–Crippen LogP) is 3.65. The zero-order valence-electron chi connectivity index (χ0n) is 15.6. The van der Waals surface area contributed by atoms with Crippen LogP contribution in [0.5, 0.6) is 0 Å². The number of rotatable bonds is 3. The molecule has 3 amide bonds. The van der Waals surface area contributed by atoms with Crippen LogP contribution in [0.2, 0.25) is 5.02 Å². The van der Waals surface area contributed by atoms with Gasteiger partial charge >= 0.3 is 0 Å². The SMILES string of the molecule is Cc1c(Cl)cccc1N1C(=O)C2CC=CC(NC(=O)c3ccc(F)cc3)C2C1=O. The molecular formula is C22H18ClFN2O3. The van der Waals surface area contributed by atoms with E-state index < -0.39 is 29.6 Å². The molecule has 1 aliphatic carbocycles. The summed E-state index contributed by atoms with van der Waals surface area (Å²) in [5.41, 5.74) is 1.39. The van der Waals surface area contributed by atoms with Crippen molar-refractivity contribution in [3.8, 4) is 0 Å². The second-order valence-corrected chi connectivity index (χ2v) is 7.61. The molecular weight excluding hydrogens is 395 g/mol. The summed E-state index contributed by atoms with van der Waals surface area (Å²) < 4.78 is 13.1. The number of amides is 3. The van der Waals surface area contributed by atoms with Gasteiger partial charge in [-0.25, -0.2) is 9.29 Å². The fraction of sp³-hybridized carbons (Fsp3) is 0.227. The number of nitrogens with zero attached hydrogens (tertiary/aromatic N) is 1. The number of nitrogens with one attached hydrogen (secondary N) is 1. The maximum atomic E-state index is 13.2. The Morgan fingerprint density at radius 1 is 1.14 bits per heavy atom. The van der Waals surface area contributed by atoms with E-state index in [4.69, 9.17) is 11.6 Å². The number of hydrogen-bond donors (Lipinski definition) is 1. The van der Waals surface area contributed by atoms with Crippen molar-refractivity contribution in [3.63, 3.8) is 0 Å². The van der Waals surface area contributed by atoms with Gasteiger partial charge in [0, 0.05) is 10.6 Å². The third kappa shape index (κ3) is 3.34. The minimum absolute atomic E-state index is 0.279. The molecule has 2 aromatic carbocycles. The molecule has 4 rings (SSSR count). The van der Waals surface area contributed by atoms with Crippen LogP contribution in [0.1, 0.15) is 22.3 Å². The molecule has 5 nitrogen and oxygen atoms in total. The van der Waals surface area contributed by atoms with Crippen LogP contribution in [0.25, 0.3) is 0 Å². The second kappa shape index (κ2) is 7.44. The van der Waals surface area contributed by atoms with Crippen LogP contribution in [-0.2, 0) is 9.59 Å². The number of benzene rings is 2. The lowest BCUT2D eigenvalue weighted by atomic mass is 9.81. The third-order valence-corrected chi connectivity index (χ3v) is 5.89. The van der Waals surface area contributed by atoms with Crippen molar-refractivity contribution in [2.75, 3.05) is 4.90 Å². The summed E-state index contributed by atoms with van der Waals surface area (Å²) in [7, 11) is 0. The van der Waals surface area contributed by atoms with E-state index in [0.717, 1.165) is 0 Å². The number of halogens is 2. The normalized spacial score (nSPS) is 23.3. The Morgan fingerprint density at radius 3 is 2.59 bits per heavy atom. The minimum atomic E-state index is -0.699. The highest BCUT2D eigenvalue weighted by atomic mass is 35.5. The van der Waals surface area contributed by atoms with Crippen molar-refractivity contribution < 1.29 is 18.8 Å². The standard InChI is InChI=1S/C22H18ClFN2O3/c1-12-16(23)5-3-7-18(12)26-21(28)15-4-2-6-17(19(15)22(26)29)25-20(27)13-8-10-14(24)11-9-13/h2-3,5-11,15,17,19H,4H2,1H3,(H,25,27). The Labute approximate surface area is 172 Å². The van der Waals surface area contributed by atoms with Crippen LogP contribution >= 0.6 is 11.6 Å². The summed E-state index contributed by atoms with van der Waals surface area (Å²) in [5, 5.41) is 3.27. The van der Waals surface area contributed by atoms with Gasteiger partial charge in [0.25, 0.3) is 5.91 Å². The molecule has 0 spiro atoms. The van der Waals surface area contributed by atoms with Gasteiger partial charge < -0.3 is 5.32 Å². The van der Waals surface area contributed by atoms with Crippen molar-refractivity contribution in [3.05, 3.63) is 76.6 Å². The van der Waals surface area contributed by atoms with Crippen LogP contribution in [0.15, 0.2) is 54.6 Å². The Balaban J connectivity index is 1.62. The van der Waals surface area contributed by atoms with Crippen molar-refractivity contribution in [2.24, 2.45) is 11.8 Å². The predicted molar refractivity (Wildman–Crippen MR) is 107 cm³/mol. The summed E-state index contributed by atoms with van der Waals surface area (Å²) in [5.74, 6) is -2.78. The molecule has 7 heteroatoms. The Bertz CT molecular complexity index is 1030. The van der Waals surface area contributed by atoms with Gasteiger partial charge in [0.05, 0.1) is 23.6 Å². The van der Waals surface area contributed by atoms with Crippen LogP contribution in [0.3, 0.4) is 0 Å². The summed E-state index contributed by atoms with van der Waals surface area (Å²) >= 11 is 6.17. The number of hydrogen-bond acceptors (Lipinski definition) is 3. The number of carbonyl (C=O) groups excluding carboxylic acids is 3. The largest absolute Gasteiger partial charge is 0.345 e. The zero-order chi connectivity index (χ0) is 20.7. The minimum Gasteiger partial charge on any atom is -0.345 e. The molecule has 0 saturated carbocycles. The van der Waals surface area contributed by atoms with E-state index in [1.807, 2.05) is 0 Å². The lowest BCUT2D eigenvalue weighted by Gasteiger charge is -2.27. The molecule has 2 aliphatic rings. The maximum Gasteiger partial charge on any atom is 0.251 e. The molecule has 1 aliphatic heterocycles. The third-order valence-electron chi connectivity index (χ3n) is 5.48. The van der Waals surface area contributed by atoms with Gasteiger partial charge in [-0.15, -0.1) is 0 Å². The topological polar surface area (TPSA) is 66.5 Å². The van der Waals surface area contributed by atoms with Gasteiger partial charge in [0.15, 0.2) is 0 Å². The lowest BCUT2D eigenvalue weighted by molar-refractivity contribution is -0.122. The van der Waals surface area contributed by atoms with E-state index in [0.29, 0.717) is 22.7 Å². The van der Waals surface area contributed by atoms with Crippen LogP contribution in [0.4, 0.5) is 10.1 Å². The van der Waals surface area contributed by atoms with Gasteiger partial charge in [0.1, 0.15) is 5.82 Å². The van der Waals surface area contributed by atoms with Gasteiger partial charge in [-0.05, 0) is 55.3 Å². The molecule has 3 unspecified atom stereocenters. The average Bonchev–Trinajstić information content (AvgIpc) is 2.96. The molecule has 3 atom stereocenters. The van der Waals surface area contributed by atoms with Gasteiger partial charge in [-0.2, -0.15) is 0 Å². The molecule has 0 radical (unpaired) electrons. The van der Waals surface area contributed by atoms with Gasteiger partial charge in [-0.1, -0.05) is 29.8 Å². The molecule has 0 bridgehead atoms. The zero-order valence-corrected chi connectivity index (χ0v) is 16.3. The number of carbonyl (C=O) groups is 3. The highest BCUT2D eigenvalue weighted by molar-refractivity contribution is 6.32. The van der Waals surface area contributed by atoms with Gasteiger partial charge in [-0.3, -0.25) is 14.4 Å². The van der Waals surface area contributed by atoms with E-state index in [-0.39, 0.29) is 17.4 Å². The van der Waals surface area contributed by atoms with E-state index in [2.05, 4.69) is 5.32 Å². The number of allylic oxidation sites excluding steroid dienone is 1. The monoisotopic (exact) mass is 412 g/mol. The van der Waals surface area contributed by atoms with Crippen molar-refractivity contribution in [2.45, 2.75) is 19.4 Å². The van der Waals surface area contributed by atoms with Crippen molar-refractivity contribution in [1.82, 2.24) is 5.32 Å². The molecule has 1 saturated heterocycles. The van der Waals surface area contributed by atoms with Crippen LogP contribution in [0, 0.1) is 24.6 Å². The highest BCUT2D eigenvalue weighted by Gasteiger charge is 2.52. The van der Waals surface area contributed by atoms with Crippen LogP contribution in [-0.4, -0.2) is 23.8 Å². The molecule has 148 valence electrons. The lowest BCUT2D eigenvalue weighted by Crippen LogP contribution is -2.45. The summed E-state index contributed by atoms with van der Waals surface area (Å²) in [4.78, 5) is 40.0. The second-order valence-electron chi connectivity index (χ2n) is 7.20. The van der Waals surface area contributed by atoms with E-state index in [1.165, 1.54) is 29.2 Å². The first kappa shape index (κ1) is 19.3. The number of fused-ring (bicyclic) bond motifs is 1. The van der Waals surface area contributed by atoms with E-state index >= 15 is 0 Å². The Morgan fingerprint density at radius 2 is 1.86 bits per heavy atom. The molecule has 1 heterocycles. The van der Waals surface area contributed by atoms with Crippen molar-refractivity contribution in [1.29, 1.82) is 0 Å². The molecule has 1 fully saturated rings. The molecule has 0 aromatic heterocycles. The Kier molecular flexibility index (Phi) is 4.96. The molecule has 29 heavy (non-hydrogen) atoms. The first-order valence-corrected chi connectivity index (χ1v) is 9.62. The summed E-state index contributed by atoms with van der Waals surface area (Å²) in [6.45, 7) is 1.76. The van der Waals surface area contributed by atoms with Crippen LogP contribution < -0.4 is 10.2 Å². The maximum absolute atomic E-state index is 13.2. The average molecular weight is 413 g/mol. The summed E-state index contributed by atoms with van der Waals surface area (Å²) in [6.07, 6.45) is 3.96. The smallest absolute Gasteiger partial charge is 0.251 e. The highest BCUT2D eigenvalue weighted by Crippen LogP contribution is 2.40. The first-order valence-electron chi connectivity index (χ1n) is 9.24. The number of imide groups is 1. The quantitative estimate of drug-likeness (QED) is 0.618. The number of anilines is 1. The summed E-state index contributed by atoms with van der Waals surface area (Å²) in [6, 6.07) is 9.59. The molecule has 1 N–H and O–H groups in total.